The van der Waals surface area contributed by atoms with Gasteiger partial charge in [0.2, 0.25) is 0 Å². The molecule has 0 spiro atoms. The van der Waals surface area contributed by atoms with Gasteiger partial charge in [0.05, 0.1) is 0 Å². The molecule has 1 N–H and O–H groups in total. The molecule has 8 aliphatic rings. The molecular weight excluding hydrogens is 372 g/mol. The summed E-state index contributed by atoms with van der Waals surface area (Å²) in [5, 5.41) is 9.76. The summed E-state index contributed by atoms with van der Waals surface area (Å²) in [6, 6.07) is 7.38. The highest BCUT2D eigenvalue weighted by Gasteiger charge is 2.69. The van der Waals surface area contributed by atoms with E-state index in [0.717, 1.165) is 29.6 Å². The highest BCUT2D eigenvalue weighted by molar-refractivity contribution is 5.90. The fourth-order valence-corrected chi connectivity index (χ4v) is 10.5. The fourth-order valence-electron chi connectivity index (χ4n) is 10.5. The summed E-state index contributed by atoms with van der Waals surface area (Å²) in [7, 11) is 0. The molecule has 3 heteroatoms. The van der Waals surface area contributed by atoms with Gasteiger partial charge in [-0.1, -0.05) is 12.1 Å². The lowest BCUT2D eigenvalue weighted by molar-refractivity contribution is -0.245. The van der Waals surface area contributed by atoms with Crippen LogP contribution in [0, 0.1) is 46.3 Å². The lowest BCUT2D eigenvalue weighted by Gasteiger charge is -2.72. The lowest BCUT2D eigenvalue weighted by Crippen LogP contribution is -2.67. The lowest BCUT2D eigenvalue weighted by atomic mass is 9.34. The molecule has 0 radical (unpaired) electrons. The molecule has 0 saturated heterocycles. The minimum Gasteiger partial charge on any atom is -0.489 e. The summed E-state index contributed by atoms with van der Waals surface area (Å²) in [6.07, 6.45) is 15.8. The third-order valence-electron chi connectivity index (χ3n) is 10.7. The van der Waals surface area contributed by atoms with Gasteiger partial charge in [0.1, 0.15) is 17.4 Å². The fraction of sp³-hybridized carbons (Fsp3) is 0.741. The van der Waals surface area contributed by atoms with Crippen molar-refractivity contribution >= 4 is 5.97 Å². The van der Waals surface area contributed by atoms with Crippen molar-refractivity contribution in [2.45, 2.75) is 76.7 Å². The average Bonchev–Trinajstić information content (AvgIpc) is 2.69. The first-order chi connectivity index (χ1) is 14.5. The second-order valence-corrected chi connectivity index (χ2v) is 12.3. The molecule has 3 atom stereocenters. The Morgan fingerprint density at radius 2 is 1.33 bits per heavy atom. The van der Waals surface area contributed by atoms with Crippen molar-refractivity contribution in [3.05, 3.63) is 29.8 Å². The number of ether oxygens (including phenoxy) is 1. The van der Waals surface area contributed by atoms with Crippen LogP contribution in [0.15, 0.2) is 24.3 Å². The molecule has 8 aliphatic carbocycles. The number of aromatic carboxylic acids is 1. The molecule has 1 aromatic carbocycles. The number of benzene rings is 1. The van der Waals surface area contributed by atoms with Crippen molar-refractivity contribution < 1.29 is 14.6 Å². The molecule has 0 aromatic heterocycles. The van der Waals surface area contributed by atoms with Gasteiger partial charge in [-0.25, -0.2) is 4.79 Å². The number of carboxylic acids is 1. The van der Waals surface area contributed by atoms with E-state index in [1.807, 2.05) is 18.2 Å². The maximum absolute atomic E-state index is 11.9. The van der Waals surface area contributed by atoms with E-state index in [2.05, 4.69) is 0 Å². The molecule has 0 amide bonds. The van der Waals surface area contributed by atoms with Crippen LogP contribution < -0.4 is 4.74 Å². The van der Waals surface area contributed by atoms with E-state index in [9.17, 15) is 9.90 Å². The van der Waals surface area contributed by atoms with Crippen molar-refractivity contribution in [2.75, 3.05) is 0 Å². The number of carbonyl (C=O) groups is 1. The predicted octanol–water partition coefficient (Wildman–Crippen LogP) is 6.17. The van der Waals surface area contributed by atoms with Gasteiger partial charge in [-0.15, -0.1) is 0 Å². The summed E-state index contributed by atoms with van der Waals surface area (Å²) < 4.78 is 6.90. The van der Waals surface area contributed by atoms with Crippen molar-refractivity contribution in [3.8, 4) is 5.75 Å². The maximum atomic E-state index is 11.9. The van der Waals surface area contributed by atoms with Gasteiger partial charge in [0.25, 0.3) is 0 Å². The molecular formula is C27H34O3. The SMILES string of the molecule is O=C(O)c1ccccc1OC1C2CC3CC(C2)CC1(C12CC4CC(CC(C4)C1)C2)C3. The number of hydrogen-bond acceptors (Lipinski definition) is 2. The second kappa shape index (κ2) is 6.04. The van der Waals surface area contributed by atoms with Gasteiger partial charge in [-0.3, -0.25) is 0 Å². The van der Waals surface area contributed by atoms with Crippen LogP contribution in [0.1, 0.15) is 81.0 Å². The summed E-state index contributed by atoms with van der Waals surface area (Å²) in [5.41, 5.74) is 1.11. The smallest absolute Gasteiger partial charge is 0.339 e. The first kappa shape index (κ1) is 18.1. The Hall–Kier alpha value is -1.51. The van der Waals surface area contributed by atoms with E-state index in [-0.39, 0.29) is 6.10 Å². The highest BCUT2D eigenvalue weighted by atomic mass is 16.5. The maximum Gasteiger partial charge on any atom is 0.339 e. The first-order valence-corrected chi connectivity index (χ1v) is 12.5. The molecule has 160 valence electrons. The topological polar surface area (TPSA) is 46.5 Å². The quantitative estimate of drug-likeness (QED) is 0.650. The number of para-hydroxylation sites is 1. The van der Waals surface area contributed by atoms with E-state index >= 15 is 0 Å². The zero-order chi connectivity index (χ0) is 20.1. The van der Waals surface area contributed by atoms with E-state index in [1.54, 1.807) is 6.07 Å². The van der Waals surface area contributed by atoms with Crippen LogP contribution in [0.25, 0.3) is 0 Å². The minimum absolute atomic E-state index is 0.224. The second-order valence-electron chi connectivity index (χ2n) is 12.3. The largest absolute Gasteiger partial charge is 0.489 e. The molecule has 8 bridgehead atoms. The van der Waals surface area contributed by atoms with Crippen molar-refractivity contribution in [3.63, 3.8) is 0 Å². The Balaban J connectivity index is 1.32. The van der Waals surface area contributed by atoms with Gasteiger partial charge in [-0.2, -0.15) is 0 Å². The van der Waals surface area contributed by atoms with Crippen LogP contribution in [0.3, 0.4) is 0 Å². The minimum atomic E-state index is -0.863. The Kier molecular flexibility index (Phi) is 3.65. The van der Waals surface area contributed by atoms with Gasteiger partial charge in [0, 0.05) is 5.41 Å². The van der Waals surface area contributed by atoms with Crippen LogP contribution in [0.4, 0.5) is 0 Å². The summed E-state index contributed by atoms with van der Waals surface area (Å²) in [4.78, 5) is 11.9. The van der Waals surface area contributed by atoms with E-state index in [0.29, 0.717) is 28.1 Å². The van der Waals surface area contributed by atoms with Gasteiger partial charge < -0.3 is 9.84 Å². The Bertz CT molecular complexity index is 839. The Morgan fingerprint density at radius 3 is 1.90 bits per heavy atom. The van der Waals surface area contributed by atoms with Gasteiger partial charge >= 0.3 is 5.97 Å². The molecule has 8 saturated carbocycles. The Labute approximate surface area is 179 Å². The third-order valence-corrected chi connectivity index (χ3v) is 10.7. The van der Waals surface area contributed by atoms with Crippen LogP contribution in [-0.4, -0.2) is 17.2 Å². The van der Waals surface area contributed by atoms with Crippen molar-refractivity contribution in [1.82, 2.24) is 0 Å². The zero-order valence-electron chi connectivity index (χ0n) is 17.9. The molecule has 9 rings (SSSR count). The van der Waals surface area contributed by atoms with Crippen LogP contribution in [0.2, 0.25) is 0 Å². The molecule has 1 aromatic rings. The van der Waals surface area contributed by atoms with E-state index < -0.39 is 5.97 Å². The van der Waals surface area contributed by atoms with E-state index in [4.69, 9.17) is 4.74 Å². The highest BCUT2D eigenvalue weighted by Crippen LogP contribution is 2.75. The van der Waals surface area contributed by atoms with Crippen LogP contribution in [0.5, 0.6) is 5.75 Å². The summed E-state index contributed by atoms with van der Waals surface area (Å²) in [6.45, 7) is 0. The van der Waals surface area contributed by atoms with Crippen molar-refractivity contribution in [2.24, 2.45) is 46.3 Å². The zero-order valence-corrected chi connectivity index (χ0v) is 17.9. The van der Waals surface area contributed by atoms with Gasteiger partial charge in [-0.05, 0) is 124 Å². The monoisotopic (exact) mass is 406 g/mol. The number of carboxylic acid groups (broad SMARTS) is 1. The summed E-state index contributed by atoms with van der Waals surface area (Å²) >= 11 is 0. The standard InChI is InChI=1S/C27H34O3/c28-25(29)22-3-1-2-4-23(22)30-24-21-9-19-8-20(10-21)15-27(24,14-19)26-11-16-5-17(12-26)7-18(6-16)13-26/h1-4,16-21,24H,5-15H2,(H,28,29). The predicted molar refractivity (Wildman–Crippen MR) is 114 cm³/mol. The summed E-state index contributed by atoms with van der Waals surface area (Å²) in [5.74, 6) is 5.04. The molecule has 0 aliphatic heterocycles. The molecule has 3 unspecified atom stereocenters. The first-order valence-electron chi connectivity index (χ1n) is 12.5. The third kappa shape index (κ3) is 2.36. The normalized spacial score (nSPS) is 50.1. The van der Waals surface area contributed by atoms with Gasteiger partial charge in [0.15, 0.2) is 0 Å². The average molecular weight is 407 g/mol. The van der Waals surface area contributed by atoms with E-state index in [1.165, 1.54) is 70.6 Å². The molecule has 0 heterocycles. The Morgan fingerprint density at radius 1 is 0.800 bits per heavy atom. The molecule has 30 heavy (non-hydrogen) atoms. The van der Waals surface area contributed by atoms with Crippen molar-refractivity contribution in [1.29, 1.82) is 0 Å². The molecule has 8 fully saturated rings. The number of hydrogen-bond donors (Lipinski definition) is 1. The van der Waals surface area contributed by atoms with Crippen LogP contribution >= 0.6 is 0 Å². The number of rotatable bonds is 4. The molecule has 3 nitrogen and oxygen atoms in total. The van der Waals surface area contributed by atoms with Crippen LogP contribution in [-0.2, 0) is 0 Å².